The maximum absolute atomic E-state index is 10.9. The molecule has 0 atom stereocenters. The van der Waals surface area contributed by atoms with E-state index < -0.39 is 5.97 Å². The SMILES string of the molecule is Cc1ccc(NCCCCCCC(=O)O)c([N+](=O)[O-])c1. The molecule has 20 heavy (non-hydrogen) atoms. The maximum Gasteiger partial charge on any atom is 0.303 e. The summed E-state index contributed by atoms with van der Waals surface area (Å²) in [6.07, 6.45) is 3.53. The number of nitrogens with one attached hydrogen (secondary N) is 1. The molecule has 0 radical (unpaired) electrons. The highest BCUT2D eigenvalue weighted by molar-refractivity contribution is 5.66. The number of aliphatic carboxylic acids is 1. The van der Waals surface area contributed by atoms with Crippen molar-refractivity contribution >= 4 is 17.3 Å². The molecule has 0 unspecified atom stereocenters. The quantitative estimate of drug-likeness (QED) is 0.411. The molecule has 0 aliphatic rings. The van der Waals surface area contributed by atoms with Gasteiger partial charge in [-0.25, -0.2) is 0 Å². The molecular formula is C14H20N2O4. The lowest BCUT2D eigenvalue weighted by atomic mass is 10.1. The predicted molar refractivity (Wildman–Crippen MR) is 77.0 cm³/mol. The van der Waals surface area contributed by atoms with Crippen LogP contribution in [0.4, 0.5) is 11.4 Å². The van der Waals surface area contributed by atoms with E-state index in [1.54, 1.807) is 12.1 Å². The van der Waals surface area contributed by atoms with Crippen molar-refractivity contribution in [2.45, 2.75) is 39.0 Å². The number of hydrogen-bond donors (Lipinski definition) is 2. The number of nitro benzene ring substituents is 1. The van der Waals surface area contributed by atoms with Crippen LogP contribution in [0.15, 0.2) is 18.2 Å². The van der Waals surface area contributed by atoms with E-state index in [1.165, 1.54) is 0 Å². The van der Waals surface area contributed by atoms with Gasteiger partial charge in [0.05, 0.1) is 4.92 Å². The second kappa shape index (κ2) is 8.14. The molecule has 1 aromatic rings. The van der Waals surface area contributed by atoms with E-state index in [0.29, 0.717) is 18.7 Å². The standard InChI is InChI=1S/C14H20N2O4/c1-11-7-8-12(13(10-11)16(19)20)15-9-5-3-2-4-6-14(17)18/h7-8,10,15H,2-6,9H2,1H3,(H,17,18). The topological polar surface area (TPSA) is 92.5 Å². The van der Waals surface area contributed by atoms with Crippen molar-refractivity contribution < 1.29 is 14.8 Å². The third-order valence-electron chi connectivity index (χ3n) is 2.98. The second-order valence-corrected chi connectivity index (χ2v) is 4.76. The number of nitrogens with zero attached hydrogens (tertiary/aromatic N) is 1. The predicted octanol–water partition coefficient (Wildman–Crippen LogP) is 3.35. The number of benzene rings is 1. The molecule has 1 aromatic carbocycles. The Morgan fingerprint density at radius 1 is 1.30 bits per heavy atom. The highest BCUT2D eigenvalue weighted by Gasteiger charge is 2.12. The van der Waals surface area contributed by atoms with Crippen LogP contribution in [-0.4, -0.2) is 22.5 Å². The fourth-order valence-electron chi connectivity index (χ4n) is 1.92. The first-order chi connectivity index (χ1) is 9.50. The van der Waals surface area contributed by atoms with Gasteiger partial charge in [0.25, 0.3) is 5.69 Å². The third-order valence-corrected chi connectivity index (χ3v) is 2.98. The Kier molecular flexibility index (Phi) is 6.49. The van der Waals surface area contributed by atoms with Gasteiger partial charge in [-0.05, 0) is 31.4 Å². The first-order valence-electron chi connectivity index (χ1n) is 6.71. The monoisotopic (exact) mass is 280 g/mol. The summed E-state index contributed by atoms with van der Waals surface area (Å²) in [5, 5.41) is 22.5. The summed E-state index contributed by atoms with van der Waals surface area (Å²) in [4.78, 5) is 20.9. The van der Waals surface area contributed by atoms with Crippen LogP contribution in [0.2, 0.25) is 0 Å². The van der Waals surface area contributed by atoms with Crippen molar-refractivity contribution in [3.8, 4) is 0 Å². The van der Waals surface area contributed by atoms with E-state index in [-0.39, 0.29) is 17.0 Å². The van der Waals surface area contributed by atoms with E-state index in [2.05, 4.69) is 5.32 Å². The first-order valence-corrected chi connectivity index (χ1v) is 6.71. The van der Waals surface area contributed by atoms with Gasteiger partial charge >= 0.3 is 5.97 Å². The number of nitro groups is 1. The first kappa shape index (κ1) is 15.9. The average molecular weight is 280 g/mol. The summed E-state index contributed by atoms with van der Waals surface area (Å²) in [5.74, 6) is -0.765. The molecule has 6 heteroatoms. The second-order valence-electron chi connectivity index (χ2n) is 4.76. The lowest BCUT2D eigenvalue weighted by molar-refractivity contribution is -0.384. The van der Waals surface area contributed by atoms with Crippen LogP contribution in [0.1, 0.15) is 37.7 Å². The number of anilines is 1. The van der Waals surface area contributed by atoms with Crippen LogP contribution in [0.5, 0.6) is 0 Å². The van der Waals surface area contributed by atoms with Crippen LogP contribution in [0, 0.1) is 17.0 Å². The number of hydrogen-bond acceptors (Lipinski definition) is 4. The summed E-state index contributed by atoms with van der Waals surface area (Å²) in [6.45, 7) is 2.47. The largest absolute Gasteiger partial charge is 0.481 e. The van der Waals surface area contributed by atoms with Crippen LogP contribution in [0.3, 0.4) is 0 Å². The molecule has 0 aliphatic heterocycles. The summed E-state index contributed by atoms with van der Waals surface area (Å²) in [6, 6.07) is 5.11. The normalized spacial score (nSPS) is 10.2. The summed E-state index contributed by atoms with van der Waals surface area (Å²) >= 11 is 0. The van der Waals surface area contributed by atoms with Crippen molar-refractivity contribution in [2.24, 2.45) is 0 Å². The van der Waals surface area contributed by atoms with E-state index in [1.807, 2.05) is 13.0 Å². The molecule has 0 amide bonds. The van der Waals surface area contributed by atoms with Crippen LogP contribution in [0.25, 0.3) is 0 Å². The van der Waals surface area contributed by atoms with Crippen LogP contribution < -0.4 is 5.32 Å². The van der Waals surface area contributed by atoms with Gasteiger partial charge in [-0.2, -0.15) is 0 Å². The van der Waals surface area contributed by atoms with Gasteiger partial charge in [0, 0.05) is 19.0 Å². The molecular weight excluding hydrogens is 260 g/mol. The number of aryl methyl sites for hydroxylation is 1. The summed E-state index contributed by atoms with van der Waals surface area (Å²) in [5.41, 5.74) is 1.48. The lowest BCUT2D eigenvalue weighted by Gasteiger charge is -2.07. The number of carboxylic acid groups (broad SMARTS) is 1. The molecule has 0 aliphatic carbocycles. The average Bonchev–Trinajstić information content (AvgIpc) is 2.38. The molecule has 6 nitrogen and oxygen atoms in total. The van der Waals surface area contributed by atoms with Gasteiger partial charge in [-0.3, -0.25) is 14.9 Å². The van der Waals surface area contributed by atoms with Crippen LogP contribution in [-0.2, 0) is 4.79 Å². The van der Waals surface area contributed by atoms with E-state index >= 15 is 0 Å². The Morgan fingerprint density at radius 3 is 2.65 bits per heavy atom. The fourth-order valence-corrected chi connectivity index (χ4v) is 1.92. The molecule has 0 aromatic heterocycles. The zero-order chi connectivity index (χ0) is 15.0. The van der Waals surface area contributed by atoms with Gasteiger partial charge in [0.15, 0.2) is 0 Å². The smallest absolute Gasteiger partial charge is 0.303 e. The van der Waals surface area contributed by atoms with Crippen molar-refractivity contribution in [1.29, 1.82) is 0 Å². The molecule has 110 valence electrons. The van der Waals surface area contributed by atoms with Crippen molar-refractivity contribution in [1.82, 2.24) is 0 Å². The number of rotatable bonds is 9. The molecule has 0 heterocycles. The molecule has 1 rings (SSSR count). The fraction of sp³-hybridized carbons (Fsp3) is 0.500. The Morgan fingerprint density at radius 2 is 2.00 bits per heavy atom. The Hall–Kier alpha value is -2.11. The minimum atomic E-state index is -0.765. The van der Waals surface area contributed by atoms with Gasteiger partial charge in [-0.15, -0.1) is 0 Å². The maximum atomic E-state index is 10.9. The van der Waals surface area contributed by atoms with E-state index in [4.69, 9.17) is 5.11 Å². The lowest BCUT2D eigenvalue weighted by Crippen LogP contribution is -2.04. The zero-order valence-electron chi connectivity index (χ0n) is 11.6. The van der Waals surface area contributed by atoms with Gasteiger partial charge in [0.2, 0.25) is 0 Å². The van der Waals surface area contributed by atoms with Crippen molar-refractivity contribution in [3.05, 3.63) is 33.9 Å². The van der Waals surface area contributed by atoms with Gasteiger partial charge in [-0.1, -0.05) is 18.9 Å². The number of unbranched alkanes of at least 4 members (excludes halogenated alkanes) is 3. The highest BCUT2D eigenvalue weighted by atomic mass is 16.6. The number of carboxylic acids is 1. The van der Waals surface area contributed by atoms with Gasteiger partial charge in [0.1, 0.15) is 5.69 Å². The Bertz CT molecular complexity index is 474. The summed E-state index contributed by atoms with van der Waals surface area (Å²) in [7, 11) is 0. The van der Waals surface area contributed by atoms with E-state index in [0.717, 1.165) is 24.8 Å². The molecule has 0 saturated heterocycles. The molecule has 2 N–H and O–H groups in total. The minimum absolute atomic E-state index is 0.0934. The van der Waals surface area contributed by atoms with Crippen molar-refractivity contribution in [3.63, 3.8) is 0 Å². The minimum Gasteiger partial charge on any atom is -0.481 e. The zero-order valence-corrected chi connectivity index (χ0v) is 11.6. The van der Waals surface area contributed by atoms with Gasteiger partial charge < -0.3 is 10.4 Å². The van der Waals surface area contributed by atoms with Crippen LogP contribution >= 0.6 is 0 Å². The Balaban J connectivity index is 2.32. The molecule has 0 fully saturated rings. The van der Waals surface area contributed by atoms with E-state index in [9.17, 15) is 14.9 Å². The Labute approximate surface area is 118 Å². The molecule has 0 bridgehead atoms. The highest BCUT2D eigenvalue weighted by Crippen LogP contribution is 2.25. The summed E-state index contributed by atoms with van der Waals surface area (Å²) < 4.78 is 0. The third kappa shape index (κ3) is 5.69. The molecule has 0 spiro atoms. The number of carbonyl (C=O) groups is 1. The van der Waals surface area contributed by atoms with Crippen molar-refractivity contribution in [2.75, 3.05) is 11.9 Å². The molecule has 0 saturated carbocycles.